The molecule has 0 saturated carbocycles. The van der Waals surface area contributed by atoms with Gasteiger partial charge in [0.05, 0.1) is 5.69 Å². The molecule has 0 radical (unpaired) electrons. The maximum Gasteiger partial charge on any atom is 0.220 e. The number of benzene rings is 2. The number of hydrogen-bond donors (Lipinski definition) is 1. The highest BCUT2D eigenvalue weighted by Crippen LogP contribution is 2.33. The number of anilines is 1. The molecular formula is C19H16N2O2. The Bertz CT molecular complexity index is 862. The van der Waals surface area contributed by atoms with E-state index in [2.05, 4.69) is 17.2 Å². The van der Waals surface area contributed by atoms with Crippen LogP contribution in [0.3, 0.4) is 0 Å². The second-order valence-corrected chi connectivity index (χ2v) is 5.32. The molecule has 1 aromatic heterocycles. The van der Waals surface area contributed by atoms with Crippen molar-refractivity contribution in [2.75, 3.05) is 5.32 Å². The van der Waals surface area contributed by atoms with Gasteiger partial charge >= 0.3 is 0 Å². The van der Waals surface area contributed by atoms with Crippen LogP contribution >= 0.6 is 0 Å². The molecule has 0 saturated heterocycles. The third-order valence-electron chi connectivity index (χ3n) is 3.71. The fourth-order valence-corrected chi connectivity index (χ4v) is 2.53. The van der Waals surface area contributed by atoms with Crippen molar-refractivity contribution >= 4 is 22.9 Å². The third-order valence-corrected chi connectivity index (χ3v) is 3.71. The van der Waals surface area contributed by atoms with E-state index in [1.54, 1.807) is 0 Å². The molecule has 0 unspecified atom stereocenters. The number of ether oxygens (including phenoxy) is 1. The van der Waals surface area contributed by atoms with Crippen LogP contribution in [-0.4, -0.2) is 4.98 Å². The first-order chi connectivity index (χ1) is 11.3. The van der Waals surface area contributed by atoms with Gasteiger partial charge in [-0.25, -0.2) is 4.98 Å². The Morgan fingerprint density at radius 3 is 2.78 bits per heavy atom. The Morgan fingerprint density at radius 1 is 1.13 bits per heavy atom. The van der Waals surface area contributed by atoms with E-state index in [0.29, 0.717) is 5.89 Å². The molecule has 1 aliphatic rings. The molecule has 114 valence electrons. The van der Waals surface area contributed by atoms with Crippen molar-refractivity contribution in [1.29, 1.82) is 0 Å². The average Bonchev–Trinajstić information content (AvgIpc) is 3.16. The Hall–Kier alpha value is -3.01. The van der Waals surface area contributed by atoms with Crippen molar-refractivity contribution in [3.63, 3.8) is 0 Å². The second kappa shape index (κ2) is 5.65. The van der Waals surface area contributed by atoms with Gasteiger partial charge in [-0.1, -0.05) is 31.2 Å². The summed E-state index contributed by atoms with van der Waals surface area (Å²) in [6, 6.07) is 15.6. The maximum atomic E-state index is 5.79. The summed E-state index contributed by atoms with van der Waals surface area (Å²) in [6.45, 7) is 2.09. The van der Waals surface area contributed by atoms with Gasteiger partial charge in [0.15, 0.2) is 17.2 Å². The number of fused-ring (bicyclic) bond motifs is 2. The van der Waals surface area contributed by atoms with Crippen LogP contribution in [0.4, 0.5) is 5.69 Å². The first kappa shape index (κ1) is 13.6. The van der Waals surface area contributed by atoms with E-state index in [-0.39, 0.29) is 0 Å². The highest BCUT2D eigenvalue weighted by molar-refractivity contribution is 5.74. The molecule has 0 spiro atoms. The topological polar surface area (TPSA) is 47.3 Å². The number of aromatic nitrogens is 1. The Balaban J connectivity index is 1.63. The predicted molar refractivity (Wildman–Crippen MR) is 91.1 cm³/mol. The van der Waals surface area contributed by atoms with Crippen molar-refractivity contribution in [1.82, 2.24) is 4.98 Å². The van der Waals surface area contributed by atoms with Crippen molar-refractivity contribution in [3.05, 3.63) is 72.0 Å². The first-order valence-corrected chi connectivity index (χ1v) is 7.63. The standard InChI is InChI=1S/C19H16N2O2/c1-2-13(11-18-20-14-7-3-5-9-16(14)22-18)12-19-21-15-8-4-6-10-17(15)23-19/h3-12,20H,2H2,1H3. The van der Waals surface area contributed by atoms with Crippen LogP contribution in [0.25, 0.3) is 17.2 Å². The van der Waals surface area contributed by atoms with Crippen LogP contribution in [0.2, 0.25) is 0 Å². The zero-order chi connectivity index (χ0) is 15.6. The van der Waals surface area contributed by atoms with Gasteiger partial charge in [0.25, 0.3) is 0 Å². The first-order valence-electron chi connectivity index (χ1n) is 7.63. The predicted octanol–water partition coefficient (Wildman–Crippen LogP) is 4.97. The minimum Gasteiger partial charge on any atom is -0.439 e. The van der Waals surface area contributed by atoms with Crippen molar-refractivity contribution in [3.8, 4) is 5.75 Å². The largest absolute Gasteiger partial charge is 0.439 e. The van der Waals surface area contributed by atoms with E-state index in [9.17, 15) is 0 Å². The number of nitrogens with one attached hydrogen (secondary N) is 1. The SMILES string of the molecule is CCC(=Cc1nc2ccccc2o1)C=C1Nc2ccccc2O1. The average molecular weight is 304 g/mol. The Morgan fingerprint density at radius 2 is 1.96 bits per heavy atom. The summed E-state index contributed by atoms with van der Waals surface area (Å²) in [6.07, 6.45) is 4.78. The van der Waals surface area contributed by atoms with E-state index in [1.807, 2.05) is 60.7 Å². The van der Waals surface area contributed by atoms with Gasteiger partial charge in [-0.15, -0.1) is 0 Å². The summed E-state index contributed by atoms with van der Waals surface area (Å²) >= 11 is 0. The smallest absolute Gasteiger partial charge is 0.220 e. The van der Waals surface area contributed by atoms with Crippen molar-refractivity contribution < 1.29 is 9.15 Å². The zero-order valence-corrected chi connectivity index (χ0v) is 12.7. The maximum absolute atomic E-state index is 5.79. The molecule has 2 aromatic carbocycles. The minimum atomic E-state index is 0.607. The van der Waals surface area contributed by atoms with E-state index in [4.69, 9.17) is 9.15 Å². The van der Waals surface area contributed by atoms with Gasteiger partial charge < -0.3 is 14.5 Å². The van der Waals surface area contributed by atoms with E-state index < -0.39 is 0 Å². The lowest BCUT2D eigenvalue weighted by atomic mass is 10.2. The molecular weight excluding hydrogens is 288 g/mol. The van der Waals surface area contributed by atoms with Gasteiger partial charge in [0.1, 0.15) is 5.52 Å². The monoisotopic (exact) mass is 304 g/mol. The summed E-state index contributed by atoms with van der Waals surface area (Å²) in [5.41, 5.74) is 3.72. The van der Waals surface area contributed by atoms with Crippen LogP contribution in [-0.2, 0) is 0 Å². The molecule has 1 N–H and O–H groups in total. The summed E-state index contributed by atoms with van der Waals surface area (Å²) < 4.78 is 11.5. The number of nitrogens with zero attached hydrogens (tertiary/aromatic N) is 1. The minimum absolute atomic E-state index is 0.607. The molecule has 4 heteroatoms. The molecule has 23 heavy (non-hydrogen) atoms. The highest BCUT2D eigenvalue weighted by atomic mass is 16.5. The van der Waals surface area contributed by atoms with Crippen LogP contribution in [0, 0.1) is 0 Å². The normalized spacial score (nSPS) is 15.5. The van der Waals surface area contributed by atoms with Crippen LogP contribution < -0.4 is 10.1 Å². The number of hydrogen-bond acceptors (Lipinski definition) is 4. The second-order valence-electron chi connectivity index (χ2n) is 5.32. The van der Waals surface area contributed by atoms with Crippen molar-refractivity contribution in [2.45, 2.75) is 13.3 Å². The molecule has 3 aromatic rings. The Labute approximate surface area is 134 Å². The quantitative estimate of drug-likeness (QED) is 0.742. The highest BCUT2D eigenvalue weighted by Gasteiger charge is 2.15. The van der Waals surface area contributed by atoms with Gasteiger partial charge in [-0.2, -0.15) is 0 Å². The number of oxazole rings is 1. The van der Waals surface area contributed by atoms with Gasteiger partial charge in [0, 0.05) is 12.2 Å². The molecule has 0 aliphatic carbocycles. The number of rotatable bonds is 3. The van der Waals surface area contributed by atoms with Gasteiger partial charge in [-0.3, -0.25) is 0 Å². The molecule has 0 bridgehead atoms. The third kappa shape index (κ3) is 2.71. The van der Waals surface area contributed by atoms with E-state index in [1.165, 1.54) is 0 Å². The number of allylic oxidation sites excluding steroid dienone is 2. The molecule has 4 rings (SSSR count). The molecule has 0 atom stereocenters. The molecule has 0 amide bonds. The lowest BCUT2D eigenvalue weighted by Gasteiger charge is -2.00. The number of para-hydroxylation sites is 4. The van der Waals surface area contributed by atoms with Crippen LogP contribution in [0.1, 0.15) is 19.2 Å². The van der Waals surface area contributed by atoms with Gasteiger partial charge in [0.2, 0.25) is 5.89 Å². The Kier molecular flexibility index (Phi) is 3.35. The molecule has 0 fully saturated rings. The molecule has 1 aliphatic heterocycles. The van der Waals surface area contributed by atoms with E-state index in [0.717, 1.165) is 40.4 Å². The summed E-state index contributed by atoms with van der Waals surface area (Å²) in [5.74, 6) is 2.17. The summed E-state index contributed by atoms with van der Waals surface area (Å²) in [4.78, 5) is 4.48. The lowest BCUT2D eigenvalue weighted by molar-refractivity contribution is 0.456. The van der Waals surface area contributed by atoms with Crippen LogP contribution in [0.15, 0.2) is 70.5 Å². The molecule has 2 heterocycles. The van der Waals surface area contributed by atoms with Crippen molar-refractivity contribution in [2.24, 2.45) is 0 Å². The fraction of sp³-hybridized carbons (Fsp3) is 0.105. The zero-order valence-electron chi connectivity index (χ0n) is 12.7. The van der Waals surface area contributed by atoms with Crippen LogP contribution in [0.5, 0.6) is 5.75 Å². The summed E-state index contributed by atoms with van der Waals surface area (Å²) in [5, 5.41) is 3.26. The summed E-state index contributed by atoms with van der Waals surface area (Å²) in [7, 11) is 0. The lowest BCUT2D eigenvalue weighted by Crippen LogP contribution is -1.97. The van der Waals surface area contributed by atoms with E-state index >= 15 is 0 Å². The fourth-order valence-electron chi connectivity index (χ4n) is 2.53. The molecule has 4 nitrogen and oxygen atoms in total. The van der Waals surface area contributed by atoms with Gasteiger partial charge in [-0.05, 0) is 36.3 Å².